The van der Waals surface area contributed by atoms with E-state index in [0.717, 1.165) is 29.9 Å². The van der Waals surface area contributed by atoms with Gasteiger partial charge in [-0.05, 0) is 24.6 Å². The lowest BCUT2D eigenvalue weighted by atomic mass is 10.1. The summed E-state index contributed by atoms with van der Waals surface area (Å²) < 4.78 is 39.8. The summed E-state index contributed by atoms with van der Waals surface area (Å²) in [6.45, 7) is 2.16. The largest absolute Gasteiger partial charge is 0.360 e. The van der Waals surface area contributed by atoms with Gasteiger partial charge in [-0.15, -0.1) is 10.2 Å². The molecule has 0 aliphatic carbocycles. The SMILES string of the molecule is CCCc1cccc(-c2ccccc2)[o+]1.[O-][Cl+3]([O-])([O-])[O-]. The van der Waals surface area contributed by atoms with Crippen LogP contribution in [0.15, 0.2) is 52.9 Å². The predicted molar refractivity (Wildman–Crippen MR) is 62.5 cm³/mol. The van der Waals surface area contributed by atoms with E-state index in [1.165, 1.54) is 0 Å². The van der Waals surface area contributed by atoms with Gasteiger partial charge >= 0.3 is 11.5 Å². The third-order valence-electron chi connectivity index (χ3n) is 2.33. The lowest BCUT2D eigenvalue weighted by Crippen LogP contribution is -2.68. The maximum Gasteiger partial charge on any atom is 0.360 e. The number of hydrogen-bond donors (Lipinski definition) is 0. The highest BCUT2D eigenvalue weighted by Crippen LogP contribution is 2.20. The second-order valence-electron chi connectivity index (χ2n) is 3.95. The Labute approximate surface area is 119 Å². The second kappa shape index (κ2) is 7.94. The van der Waals surface area contributed by atoms with Crippen LogP contribution in [0, 0.1) is 10.2 Å². The van der Waals surface area contributed by atoms with Crippen LogP contribution in [0.2, 0.25) is 0 Å². The minimum absolute atomic E-state index is 0.946. The summed E-state index contributed by atoms with van der Waals surface area (Å²) in [6, 6.07) is 16.3. The van der Waals surface area contributed by atoms with Gasteiger partial charge < -0.3 is 0 Å². The molecule has 0 saturated heterocycles. The molecular weight excluding hydrogens is 284 g/mol. The average Bonchev–Trinajstić information content (AvgIpc) is 2.39. The first-order chi connectivity index (χ1) is 9.40. The van der Waals surface area contributed by atoms with Crippen molar-refractivity contribution in [2.24, 2.45) is 0 Å². The first-order valence-corrected chi connectivity index (χ1v) is 7.23. The van der Waals surface area contributed by atoms with Gasteiger partial charge in [0.05, 0.1) is 12.0 Å². The summed E-state index contributed by atoms with van der Waals surface area (Å²) in [5.74, 6) is 2.00. The van der Waals surface area contributed by atoms with Crippen molar-refractivity contribution < 1.29 is 33.3 Å². The molecule has 0 N–H and O–H groups in total. The molecule has 1 aromatic carbocycles. The van der Waals surface area contributed by atoms with Crippen molar-refractivity contribution in [3.05, 3.63) is 54.3 Å². The summed E-state index contributed by atoms with van der Waals surface area (Å²) in [5.41, 5.74) is 1.13. The van der Waals surface area contributed by atoms with Gasteiger partial charge in [0.25, 0.3) is 0 Å². The van der Waals surface area contributed by atoms with Gasteiger partial charge in [0.15, 0.2) is 0 Å². The minimum atomic E-state index is -4.94. The third kappa shape index (κ3) is 7.18. The average molecular weight is 299 g/mol. The maximum absolute atomic E-state index is 8.49. The van der Waals surface area contributed by atoms with Gasteiger partial charge in [-0.2, -0.15) is 0 Å². The van der Waals surface area contributed by atoms with Gasteiger partial charge in [0.2, 0.25) is 0 Å². The molecule has 0 unspecified atom stereocenters. The van der Waals surface area contributed by atoms with Crippen molar-refractivity contribution >= 4 is 0 Å². The fourth-order valence-electron chi connectivity index (χ4n) is 1.59. The molecule has 0 bridgehead atoms. The first kappa shape index (κ1) is 16.6. The van der Waals surface area contributed by atoms with Gasteiger partial charge in [-0.1, -0.05) is 25.1 Å². The molecule has 0 fully saturated rings. The molecule has 0 radical (unpaired) electrons. The fraction of sp³-hybridized carbons (Fsp3) is 0.214. The zero-order valence-corrected chi connectivity index (χ0v) is 11.7. The van der Waals surface area contributed by atoms with E-state index >= 15 is 0 Å². The van der Waals surface area contributed by atoms with Gasteiger partial charge in [0, 0.05) is 12.1 Å². The van der Waals surface area contributed by atoms with Crippen molar-refractivity contribution in [1.29, 1.82) is 0 Å². The molecule has 0 saturated carbocycles. The number of rotatable bonds is 3. The lowest BCUT2D eigenvalue weighted by Gasteiger charge is -2.17. The van der Waals surface area contributed by atoms with E-state index < -0.39 is 10.2 Å². The maximum atomic E-state index is 8.49. The summed E-state index contributed by atoms with van der Waals surface area (Å²) in [4.78, 5) is 0. The Balaban J connectivity index is 0.000000347. The molecule has 1 aromatic heterocycles. The van der Waals surface area contributed by atoms with Crippen LogP contribution in [0.3, 0.4) is 0 Å². The summed E-state index contributed by atoms with van der Waals surface area (Å²) in [5, 5.41) is 0. The summed E-state index contributed by atoms with van der Waals surface area (Å²) in [6.07, 6.45) is 2.11. The van der Waals surface area contributed by atoms with E-state index in [4.69, 9.17) is 23.1 Å². The van der Waals surface area contributed by atoms with Crippen LogP contribution in [0.4, 0.5) is 0 Å². The Morgan fingerprint density at radius 1 is 0.900 bits per heavy atom. The molecule has 2 aromatic rings. The Bertz CT molecular complexity index is 504. The van der Waals surface area contributed by atoms with Gasteiger partial charge in [-0.25, -0.2) is 23.1 Å². The molecule has 0 aliphatic heterocycles. The fourth-order valence-corrected chi connectivity index (χ4v) is 1.59. The molecule has 0 atom stereocenters. The number of aryl methyl sites for hydroxylation is 1. The van der Waals surface area contributed by atoms with E-state index in [-0.39, 0.29) is 0 Å². The van der Waals surface area contributed by atoms with Crippen LogP contribution in [0.5, 0.6) is 0 Å². The highest BCUT2D eigenvalue weighted by Gasteiger charge is 2.12. The zero-order valence-electron chi connectivity index (χ0n) is 11.0. The van der Waals surface area contributed by atoms with Crippen molar-refractivity contribution in [2.45, 2.75) is 19.8 Å². The molecule has 0 spiro atoms. The van der Waals surface area contributed by atoms with E-state index in [0.29, 0.717) is 0 Å². The van der Waals surface area contributed by atoms with Crippen LogP contribution in [0.1, 0.15) is 19.1 Å². The van der Waals surface area contributed by atoms with E-state index in [1.807, 2.05) is 30.3 Å². The Hall–Kier alpha value is -1.50. The number of hydrogen-bond acceptors (Lipinski definition) is 4. The molecule has 20 heavy (non-hydrogen) atoms. The number of benzene rings is 1. The van der Waals surface area contributed by atoms with E-state index in [2.05, 4.69) is 25.1 Å². The minimum Gasteiger partial charge on any atom is -0.222 e. The standard InChI is InChI=1S/C14H15O.ClHO4/c1-2-7-13-10-6-11-14(15-13)12-8-4-3-5-9-12;2-1(3,4)5/h3-6,8-11H,2,7H2,1H3;(H,2,3,4,5)/q+1;/p-1. The van der Waals surface area contributed by atoms with Crippen molar-refractivity contribution in [2.75, 3.05) is 0 Å². The second-order valence-corrected chi connectivity index (χ2v) is 4.71. The van der Waals surface area contributed by atoms with Gasteiger partial charge in [-0.3, -0.25) is 0 Å². The van der Waals surface area contributed by atoms with Crippen LogP contribution in [-0.4, -0.2) is 0 Å². The molecule has 0 aliphatic rings. The summed E-state index contributed by atoms with van der Waals surface area (Å²) in [7, 11) is -4.94. The smallest absolute Gasteiger partial charge is 0.222 e. The lowest BCUT2D eigenvalue weighted by molar-refractivity contribution is -2.00. The van der Waals surface area contributed by atoms with E-state index in [1.54, 1.807) is 0 Å². The first-order valence-electron chi connectivity index (χ1n) is 5.99. The quantitative estimate of drug-likeness (QED) is 0.705. The number of halogens is 1. The van der Waals surface area contributed by atoms with E-state index in [9.17, 15) is 0 Å². The third-order valence-corrected chi connectivity index (χ3v) is 2.33. The Kier molecular flexibility index (Phi) is 6.57. The van der Waals surface area contributed by atoms with Crippen molar-refractivity contribution in [1.82, 2.24) is 0 Å². The summed E-state index contributed by atoms with van der Waals surface area (Å²) >= 11 is 0. The molecule has 108 valence electrons. The van der Waals surface area contributed by atoms with Crippen LogP contribution in [-0.2, 0) is 6.42 Å². The van der Waals surface area contributed by atoms with Crippen LogP contribution < -0.4 is 18.6 Å². The highest BCUT2D eigenvalue weighted by molar-refractivity contribution is 5.56. The van der Waals surface area contributed by atoms with Crippen molar-refractivity contribution in [3.8, 4) is 11.3 Å². The molecule has 1 heterocycles. The van der Waals surface area contributed by atoms with Crippen LogP contribution in [0.25, 0.3) is 11.3 Å². The van der Waals surface area contributed by atoms with Gasteiger partial charge in [0.1, 0.15) is 0 Å². The molecule has 0 amide bonds. The highest BCUT2D eigenvalue weighted by atomic mass is 35.7. The van der Waals surface area contributed by atoms with Crippen molar-refractivity contribution in [3.63, 3.8) is 0 Å². The monoisotopic (exact) mass is 298 g/mol. The molecular formula is C14H15ClO5. The topological polar surface area (TPSA) is 104 Å². The van der Waals surface area contributed by atoms with Crippen LogP contribution >= 0.6 is 0 Å². The zero-order chi connectivity index (χ0) is 15.0. The predicted octanol–water partition coefficient (Wildman–Crippen LogP) is -0.576. The normalized spacial score (nSPS) is 10.7. The molecule has 2 rings (SSSR count). The Morgan fingerprint density at radius 2 is 1.50 bits per heavy atom. The molecule has 6 heteroatoms. The molecule has 5 nitrogen and oxygen atoms in total. The Morgan fingerprint density at radius 3 is 2.05 bits per heavy atom.